The van der Waals surface area contributed by atoms with Gasteiger partial charge in [-0.3, -0.25) is 0 Å². The zero-order valence-corrected chi connectivity index (χ0v) is 10.7. The van der Waals surface area contributed by atoms with Crippen LogP contribution in [0, 0.1) is 17.7 Å². The fraction of sp³-hybridized carbons (Fsp3) is 0.600. The summed E-state index contributed by atoms with van der Waals surface area (Å²) in [4.78, 5) is 2.47. The molecule has 1 aromatic carbocycles. The van der Waals surface area contributed by atoms with Crippen LogP contribution in [0.3, 0.4) is 0 Å². The SMILES string of the molecule is NCCC1CC2CCC1CN2c1ccc(F)cc1. The predicted octanol–water partition coefficient (Wildman–Crippen LogP) is 2.78. The lowest BCUT2D eigenvalue weighted by molar-refractivity contribution is 0.154. The van der Waals surface area contributed by atoms with Gasteiger partial charge in [-0.15, -0.1) is 0 Å². The van der Waals surface area contributed by atoms with Gasteiger partial charge in [0.25, 0.3) is 0 Å². The van der Waals surface area contributed by atoms with Crippen molar-refractivity contribution in [3.63, 3.8) is 0 Å². The van der Waals surface area contributed by atoms with Crippen LogP contribution >= 0.6 is 0 Å². The number of nitrogens with zero attached hydrogens (tertiary/aromatic N) is 1. The van der Waals surface area contributed by atoms with Crippen molar-refractivity contribution in [2.45, 2.75) is 31.7 Å². The Morgan fingerprint density at radius 2 is 2.00 bits per heavy atom. The van der Waals surface area contributed by atoms with Gasteiger partial charge in [0.1, 0.15) is 5.82 Å². The second-order valence-electron chi connectivity index (χ2n) is 5.69. The number of nitrogens with two attached hydrogens (primary N) is 1. The standard InChI is InChI=1S/C15H21FN2/c16-13-2-5-14(6-3-13)18-10-12-1-4-15(18)9-11(12)7-8-17/h2-3,5-6,11-12,15H,1,4,7-10,17H2. The van der Waals surface area contributed by atoms with E-state index < -0.39 is 0 Å². The van der Waals surface area contributed by atoms with Crippen LogP contribution in [-0.4, -0.2) is 19.1 Å². The maximum atomic E-state index is 13.0. The molecule has 3 fully saturated rings. The molecule has 2 bridgehead atoms. The minimum Gasteiger partial charge on any atom is -0.368 e. The average Bonchev–Trinajstić information content (AvgIpc) is 2.41. The molecule has 3 unspecified atom stereocenters. The lowest BCUT2D eigenvalue weighted by Crippen LogP contribution is -2.52. The van der Waals surface area contributed by atoms with Gasteiger partial charge in [-0.05, 0) is 68.3 Å². The van der Waals surface area contributed by atoms with Gasteiger partial charge in [0.05, 0.1) is 0 Å². The van der Waals surface area contributed by atoms with E-state index in [-0.39, 0.29) is 5.82 Å². The van der Waals surface area contributed by atoms with Gasteiger partial charge in [-0.2, -0.15) is 0 Å². The fourth-order valence-corrected chi connectivity index (χ4v) is 3.74. The number of hydrogen-bond donors (Lipinski definition) is 1. The van der Waals surface area contributed by atoms with Crippen molar-refractivity contribution in [3.8, 4) is 0 Å². The van der Waals surface area contributed by atoms with E-state index in [0.29, 0.717) is 6.04 Å². The lowest BCUT2D eigenvalue weighted by atomic mass is 9.70. The highest BCUT2D eigenvalue weighted by molar-refractivity contribution is 5.48. The van der Waals surface area contributed by atoms with Crippen LogP contribution in [0.15, 0.2) is 24.3 Å². The number of anilines is 1. The second kappa shape index (κ2) is 4.88. The zero-order chi connectivity index (χ0) is 12.5. The van der Waals surface area contributed by atoms with E-state index >= 15 is 0 Å². The first kappa shape index (κ1) is 12.0. The van der Waals surface area contributed by atoms with E-state index in [1.54, 1.807) is 12.1 Å². The molecule has 2 aliphatic heterocycles. The fourth-order valence-electron chi connectivity index (χ4n) is 3.74. The quantitative estimate of drug-likeness (QED) is 0.891. The van der Waals surface area contributed by atoms with Gasteiger partial charge in [0.15, 0.2) is 0 Å². The van der Waals surface area contributed by atoms with E-state index in [2.05, 4.69) is 4.90 Å². The molecule has 0 aromatic heterocycles. The van der Waals surface area contributed by atoms with Gasteiger partial charge < -0.3 is 10.6 Å². The van der Waals surface area contributed by atoms with Crippen molar-refractivity contribution >= 4 is 5.69 Å². The molecule has 0 amide bonds. The van der Waals surface area contributed by atoms with Crippen molar-refractivity contribution in [2.75, 3.05) is 18.0 Å². The van der Waals surface area contributed by atoms with Crippen LogP contribution in [-0.2, 0) is 0 Å². The molecule has 1 aromatic rings. The van der Waals surface area contributed by atoms with Gasteiger partial charge in [-0.1, -0.05) is 0 Å². The van der Waals surface area contributed by atoms with Crippen molar-refractivity contribution in [3.05, 3.63) is 30.1 Å². The van der Waals surface area contributed by atoms with E-state index in [0.717, 1.165) is 24.9 Å². The Morgan fingerprint density at radius 1 is 1.22 bits per heavy atom. The highest BCUT2D eigenvalue weighted by Gasteiger charge is 2.39. The molecule has 3 heteroatoms. The Labute approximate surface area is 108 Å². The summed E-state index contributed by atoms with van der Waals surface area (Å²) in [6.45, 7) is 1.94. The van der Waals surface area contributed by atoms with Crippen LogP contribution in [0.2, 0.25) is 0 Å². The summed E-state index contributed by atoms with van der Waals surface area (Å²) in [5.41, 5.74) is 6.88. The summed E-state index contributed by atoms with van der Waals surface area (Å²) in [7, 11) is 0. The maximum Gasteiger partial charge on any atom is 0.123 e. The zero-order valence-electron chi connectivity index (χ0n) is 10.7. The van der Waals surface area contributed by atoms with E-state index in [9.17, 15) is 4.39 Å². The van der Waals surface area contributed by atoms with Crippen LogP contribution in [0.25, 0.3) is 0 Å². The second-order valence-corrected chi connectivity index (χ2v) is 5.69. The molecule has 3 atom stereocenters. The van der Waals surface area contributed by atoms with E-state index in [1.807, 2.05) is 12.1 Å². The highest BCUT2D eigenvalue weighted by Crippen LogP contribution is 2.42. The van der Waals surface area contributed by atoms with Gasteiger partial charge in [0, 0.05) is 18.3 Å². The first-order valence-electron chi connectivity index (χ1n) is 7.00. The third-order valence-electron chi connectivity index (χ3n) is 4.68. The number of rotatable bonds is 3. The van der Waals surface area contributed by atoms with Crippen molar-refractivity contribution in [1.29, 1.82) is 0 Å². The third-order valence-corrected chi connectivity index (χ3v) is 4.68. The number of halogens is 1. The molecule has 98 valence electrons. The predicted molar refractivity (Wildman–Crippen MR) is 72.0 cm³/mol. The summed E-state index contributed by atoms with van der Waals surface area (Å²) in [5.74, 6) is 1.44. The molecule has 2 N–H and O–H groups in total. The maximum absolute atomic E-state index is 13.0. The minimum atomic E-state index is -0.151. The van der Waals surface area contributed by atoms with Crippen molar-refractivity contribution in [2.24, 2.45) is 17.6 Å². The van der Waals surface area contributed by atoms with Crippen LogP contribution in [0.5, 0.6) is 0 Å². The summed E-state index contributed by atoms with van der Waals surface area (Å²) in [6.07, 6.45) is 5.05. The molecule has 1 saturated carbocycles. The molecule has 2 heterocycles. The molecule has 2 saturated heterocycles. The molecule has 18 heavy (non-hydrogen) atoms. The Kier molecular flexibility index (Phi) is 3.25. The topological polar surface area (TPSA) is 29.3 Å². The normalized spacial score (nSPS) is 30.8. The van der Waals surface area contributed by atoms with Crippen molar-refractivity contribution in [1.82, 2.24) is 0 Å². The number of hydrogen-bond acceptors (Lipinski definition) is 2. The summed E-state index contributed by atoms with van der Waals surface area (Å²) >= 11 is 0. The molecule has 4 rings (SSSR count). The number of benzene rings is 1. The molecule has 0 radical (unpaired) electrons. The lowest BCUT2D eigenvalue weighted by Gasteiger charge is -2.51. The summed E-state index contributed by atoms with van der Waals surface area (Å²) < 4.78 is 13.0. The average molecular weight is 248 g/mol. The Bertz CT molecular complexity index is 403. The minimum absolute atomic E-state index is 0.151. The Morgan fingerprint density at radius 3 is 2.61 bits per heavy atom. The summed E-state index contributed by atoms with van der Waals surface area (Å²) in [5, 5.41) is 0. The van der Waals surface area contributed by atoms with Crippen molar-refractivity contribution < 1.29 is 4.39 Å². The van der Waals surface area contributed by atoms with E-state index in [4.69, 9.17) is 5.73 Å². The van der Waals surface area contributed by atoms with Crippen LogP contribution in [0.4, 0.5) is 10.1 Å². The third kappa shape index (κ3) is 2.12. The monoisotopic (exact) mass is 248 g/mol. The van der Waals surface area contributed by atoms with Crippen LogP contribution < -0.4 is 10.6 Å². The highest BCUT2D eigenvalue weighted by atomic mass is 19.1. The van der Waals surface area contributed by atoms with Gasteiger partial charge in [-0.25, -0.2) is 4.39 Å². The molecule has 3 aliphatic rings. The number of fused-ring (bicyclic) bond motifs is 3. The first-order chi connectivity index (χ1) is 8.78. The molecule has 2 nitrogen and oxygen atoms in total. The summed E-state index contributed by atoms with van der Waals surface area (Å²) in [6, 6.07) is 7.59. The smallest absolute Gasteiger partial charge is 0.123 e. The molecular formula is C15H21FN2. The molecule has 0 spiro atoms. The molecule has 1 aliphatic carbocycles. The van der Waals surface area contributed by atoms with Gasteiger partial charge >= 0.3 is 0 Å². The van der Waals surface area contributed by atoms with Gasteiger partial charge in [0.2, 0.25) is 0 Å². The largest absolute Gasteiger partial charge is 0.368 e. The van der Waals surface area contributed by atoms with E-state index in [1.165, 1.54) is 31.4 Å². The first-order valence-corrected chi connectivity index (χ1v) is 7.00. The molecular weight excluding hydrogens is 227 g/mol. The van der Waals surface area contributed by atoms with Crippen LogP contribution in [0.1, 0.15) is 25.7 Å². The Balaban J connectivity index is 1.75. The number of piperidine rings is 2. The Hall–Kier alpha value is -1.09.